The van der Waals surface area contributed by atoms with Gasteiger partial charge in [0, 0.05) is 9.35 Å². The van der Waals surface area contributed by atoms with Crippen molar-refractivity contribution >= 4 is 49.6 Å². The second-order valence-corrected chi connectivity index (χ2v) is 6.15. The highest BCUT2D eigenvalue weighted by atomic mass is 79.9. The minimum atomic E-state index is -0.130. The second kappa shape index (κ2) is 5.70. The zero-order chi connectivity index (χ0) is 12.3. The number of amides is 1. The van der Waals surface area contributed by atoms with Gasteiger partial charge in [0.15, 0.2) is 0 Å². The number of nitrogens with one attached hydrogen (secondary N) is 1. The number of rotatable bonds is 4. The van der Waals surface area contributed by atoms with Crippen LogP contribution in [0.5, 0.6) is 0 Å². The lowest BCUT2D eigenvalue weighted by Crippen LogP contribution is -2.09. The average Bonchev–Trinajstić information content (AvgIpc) is 2.90. The van der Waals surface area contributed by atoms with Crippen molar-refractivity contribution in [2.45, 2.75) is 19.8 Å². The third-order valence-corrected chi connectivity index (χ3v) is 4.81. The van der Waals surface area contributed by atoms with Gasteiger partial charge in [-0.3, -0.25) is 10.1 Å². The maximum Gasteiger partial charge on any atom is 0.267 e. The fourth-order valence-electron chi connectivity index (χ4n) is 1.30. The molecule has 0 aromatic carbocycles. The molecule has 0 unspecified atom stereocenters. The summed E-state index contributed by atoms with van der Waals surface area (Å²) in [5.41, 5.74) is 1.59. The van der Waals surface area contributed by atoms with Crippen LogP contribution in [0.25, 0.3) is 0 Å². The van der Waals surface area contributed by atoms with Gasteiger partial charge in [-0.25, -0.2) is 0 Å². The first kappa shape index (κ1) is 12.7. The zero-order valence-electron chi connectivity index (χ0n) is 9.07. The van der Waals surface area contributed by atoms with Crippen molar-refractivity contribution in [2.24, 2.45) is 0 Å². The van der Waals surface area contributed by atoms with Gasteiger partial charge in [-0.2, -0.15) is 0 Å². The molecule has 0 bridgehead atoms. The van der Waals surface area contributed by atoms with E-state index in [1.54, 1.807) is 5.51 Å². The van der Waals surface area contributed by atoms with E-state index in [9.17, 15) is 4.79 Å². The summed E-state index contributed by atoms with van der Waals surface area (Å²) < 4.78 is 1.01. The Bertz CT molecular complexity index is 510. The van der Waals surface area contributed by atoms with Gasteiger partial charge < -0.3 is 0 Å². The Morgan fingerprint density at radius 3 is 3.06 bits per heavy atom. The fraction of sp³-hybridized carbons (Fsp3) is 0.300. The van der Waals surface area contributed by atoms with Crippen molar-refractivity contribution in [2.75, 3.05) is 5.32 Å². The molecule has 4 nitrogen and oxygen atoms in total. The topological polar surface area (TPSA) is 54.9 Å². The molecule has 2 aromatic rings. The number of hydrogen-bond acceptors (Lipinski definition) is 5. The molecule has 0 radical (unpaired) electrons. The van der Waals surface area contributed by atoms with E-state index in [0.717, 1.165) is 17.3 Å². The van der Waals surface area contributed by atoms with Crippen LogP contribution in [0.4, 0.5) is 5.13 Å². The largest absolute Gasteiger partial charge is 0.296 e. The summed E-state index contributed by atoms with van der Waals surface area (Å²) in [6.07, 6.45) is 2.05. The van der Waals surface area contributed by atoms with Crippen LogP contribution in [0.3, 0.4) is 0 Å². The molecule has 0 saturated carbocycles. The smallest absolute Gasteiger partial charge is 0.267 e. The first-order valence-electron chi connectivity index (χ1n) is 5.06. The van der Waals surface area contributed by atoms with Gasteiger partial charge in [0.1, 0.15) is 5.51 Å². The molecule has 0 saturated heterocycles. The summed E-state index contributed by atoms with van der Waals surface area (Å²) in [4.78, 5) is 13.8. The number of carbonyl (C=O) groups excluding carboxylic acids is 1. The lowest BCUT2D eigenvalue weighted by Gasteiger charge is -1.96. The Hall–Kier alpha value is -0.790. The summed E-state index contributed by atoms with van der Waals surface area (Å²) in [5.74, 6) is -0.130. The monoisotopic (exact) mass is 331 g/mol. The second-order valence-electron chi connectivity index (χ2n) is 3.33. The van der Waals surface area contributed by atoms with Crippen LogP contribution in [-0.2, 0) is 6.42 Å². The molecule has 1 N–H and O–H groups in total. The molecule has 0 atom stereocenters. The van der Waals surface area contributed by atoms with Crippen molar-refractivity contribution in [1.29, 1.82) is 0 Å². The van der Waals surface area contributed by atoms with E-state index in [0.29, 0.717) is 10.0 Å². The van der Waals surface area contributed by atoms with E-state index in [4.69, 9.17) is 0 Å². The molecule has 2 heterocycles. The van der Waals surface area contributed by atoms with Crippen LogP contribution in [0.1, 0.15) is 27.9 Å². The Labute approximate surface area is 115 Å². The van der Waals surface area contributed by atoms with E-state index >= 15 is 0 Å². The summed E-state index contributed by atoms with van der Waals surface area (Å²) >= 11 is 6.29. The molecule has 2 rings (SSSR count). The molecule has 0 aliphatic heterocycles. The summed E-state index contributed by atoms with van der Waals surface area (Å²) in [7, 11) is 0. The fourth-order valence-corrected chi connectivity index (χ4v) is 3.61. The Morgan fingerprint density at radius 1 is 1.59 bits per heavy atom. The lowest BCUT2D eigenvalue weighted by molar-refractivity contribution is 0.103. The molecule has 17 heavy (non-hydrogen) atoms. The van der Waals surface area contributed by atoms with Gasteiger partial charge >= 0.3 is 0 Å². The number of halogens is 1. The average molecular weight is 332 g/mol. The lowest BCUT2D eigenvalue weighted by atomic mass is 10.3. The third-order valence-electron chi connectivity index (χ3n) is 2.04. The first-order valence-corrected chi connectivity index (χ1v) is 7.55. The van der Waals surface area contributed by atoms with Gasteiger partial charge in [-0.1, -0.05) is 24.7 Å². The minimum Gasteiger partial charge on any atom is -0.296 e. The van der Waals surface area contributed by atoms with Gasteiger partial charge in [0.25, 0.3) is 5.91 Å². The Balaban J connectivity index is 2.11. The Morgan fingerprint density at radius 2 is 2.41 bits per heavy atom. The molecule has 1 amide bonds. The maximum absolute atomic E-state index is 11.9. The molecular formula is C10H10BrN3OS2. The van der Waals surface area contributed by atoms with Gasteiger partial charge in [-0.05, 0) is 28.4 Å². The van der Waals surface area contributed by atoms with Crippen LogP contribution >= 0.6 is 38.6 Å². The van der Waals surface area contributed by atoms with Crippen LogP contribution in [0.2, 0.25) is 0 Å². The van der Waals surface area contributed by atoms with Gasteiger partial charge in [-0.15, -0.1) is 21.5 Å². The number of carbonyl (C=O) groups is 1. The van der Waals surface area contributed by atoms with E-state index in [2.05, 4.69) is 38.4 Å². The van der Waals surface area contributed by atoms with E-state index in [1.807, 2.05) is 6.07 Å². The number of aromatic nitrogens is 2. The van der Waals surface area contributed by atoms with Crippen molar-refractivity contribution in [3.63, 3.8) is 0 Å². The van der Waals surface area contributed by atoms with E-state index in [1.165, 1.54) is 27.6 Å². The molecule has 0 aliphatic rings. The quantitative estimate of drug-likeness (QED) is 0.931. The van der Waals surface area contributed by atoms with Crippen LogP contribution < -0.4 is 5.32 Å². The minimum absolute atomic E-state index is 0.130. The first-order chi connectivity index (χ1) is 8.20. The van der Waals surface area contributed by atoms with Gasteiger partial charge in [0.05, 0.1) is 4.88 Å². The van der Waals surface area contributed by atoms with E-state index < -0.39 is 0 Å². The number of aryl methyl sites for hydroxylation is 1. The summed E-state index contributed by atoms with van der Waals surface area (Å²) in [6, 6.07) is 1.85. The highest BCUT2D eigenvalue weighted by Gasteiger charge is 2.14. The molecule has 90 valence electrons. The molecule has 2 aromatic heterocycles. The Kier molecular flexibility index (Phi) is 4.25. The zero-order valence-corrected chi connectivity index (χ0v) is 12.3. The SMILES string of the molecule is CCCc1sc(C(=O)Nc2nncs2)cc1Br. The standard InChI is InChI=1S/C10H10BrN3OS2/c1-2-3-7-6(11)4-8(17-7)9(15)13-10-14-12-5-16-10/h4-5H,2-3H2,1H3,(H,13,14,15). The van der Waals surface area contributed by atoms with Crippen molar-refractivity contribution in [3.05, 3.63) is 25.8 Å². The molecule has 0 fully saturated rings. The highest BCUT2D eigenvalue weighted by molar-refractivity contribution is 9.10. The number of thiophene rings is 1. The number of nitrogens with zero attached hydrogens (tertiary/aromatic N) is 2. The van der Waals surface area contributed by atoms with Crippen molar-refractivity contribution in [1.82, 2.24) is 10.2 Å². The predicted molar refractivity (Wildman–Crippen MR) is 73.9 cm³/mol. The van der Waals surface area contributed by atoms with Crippen LogP contribution in [0.15, 0.2) is 16.0 Å². The van der Waals surface area contributed by atoms with Crippen LogP contribution in [0, 0.1) is 0 Å². The molecule has 7 heteroatoms. The molecular weight excluding hydrogens is 322 g/mol. The predicted octanol–water partition coefficient (Wildman–Crippen LogP) is 3.57. The molecule has 0 spiro atoms. The number of anilines is 1. The number of hydrogen-bond donors (Lipinski definition) is 1. The van der Waals surface area contributed by atoms with Crippen molar-refractivity contribution < 1.29 is 4.79 Å². The summed E-state index contributed by atoms with van der Waals surface area (Å²) in [5, 5.41) is 10.7. The van der Waals surface area contributed by atoms with Crippen LogP contribution in [-0.4, -0.2) is 16.1 Å². The van der Waals surface area contributed by atoms with Gasteiger partial charge in [0.2, 0.25) is 5.13 Å². The maximum atomic E-state index is 11.9. The normalized spacial score (nSPS) is 10.5. The third kappa shape index (κ3) is 3.11. The molecule has 0 aliphatic carbocycles. The summed E-state index contributed by atoms with van der Waals surface area (Å²) in [6.45, 7) is 2.12. The van der Waals surface area contributed by atoms with E-state index in [-0.39, 0.29) is 5.91 Å². The highest BCUT2D eigenvalue weighted by Crippen LogP contribution is 2.29. The van der Waals surface area contributed by atoms with Crippen molar-refractivity contribution in [3.8, 4) is 0 Å².